The molecule has 0 aliphatic heterocycles. The van der Waals surface area contributed by atoms with Gasteiger partial charge >= 0.3 is 0 Å². The third-order valence-electron chi connectivity index (χ3n) is 2.60. The molecular weight excluding hydrogens is 208 g/mol. The first kappa shape index (κ1) is 12.6. The number of hydrogen-bond donors (Lipinski definition) is 1. The highest BCUT2D eigenvalue weighted by Gasteiger charge is 2.16. The molecule has 1 aromatic heterocycles. The van der Waals surface area contributed by atoms with Crippen LogP contribution in [-0.2, 0) is 11.3 Å². The van der Waals surface area contributed by atoms with Crippen LogP contribution in [0.2, 0.25) is 0 Å². The van der Waals surface area contributed by atoms with Gasteiger partial charge in [0.25, 0.3) is 0 Å². The zero-order chi connectivity index (χ0) is 11.3. The molecule has 1 heterocycles. The lowest BCUT2D eigenvalue weighted by molar-refractivity contribution is 0.133. The zero-order valence-corrected chi connectivity index (χ0v) is 10.5. The van der Waals surface area contributed by atoms with Gasteiger partial charge in [-0.2, -0.15) is 0 Å². The maximum atomic E-state index is 6.09. The molecule has 3 nitrogen and oxygen atoms in total. The molecule has 0 spiro atoms. The molecule has 86 valence electrons. The van der Waals surface area contributed by atoms with Crippen LogP contribution < -0.4 is 5.73 Å². The van der Waals surface area contributed by atoms with Crippen molar-refractivity contribution in [1.29, 1.82) is 0 Å². The van der Waals surface area contributed by atoms with E-state index in [9.17, 15) is 0 Å². The van der Waals surface area contributed by atoms with Crippen molar-refractivity contribution in [2.45, 2.75) is 39.8 Å². The van der Waals surface area contributed by atoms with E-state index in [1.54, 1.807) is 11.3 Å². The standard InChI is InChI=1S/C11H20N2OS/c1-4-8(3)11(12)9-7-15-10(13-9)6-14-5-2/h7-8,11H,4-6,12H2,1-3H3. The average Bonchev–Trinajstić information content (AvgIpc) is 2.72. The first-order valence-electron chi connectivity index (χ1n) is 5.46. The molecule has 0 amide bonds. The number of rotatable bonds is 6. The molecule has 0 saturated heterocycles. The summed E-state index contributed by atoms with van der Waals surface area (Å²) in [5, 5.41) is 3.07. The number of nitrogens with two attached hydrogens (primary N) is 1. The van der Waals surface area contributed by atoms with Crippen LogP contribution in [0.3, 0.4) is 0 Å². The van der Waals surface area contributed by atoms with Crippen LogP contribution in [0.5, 0.6) is 0 Å². The molecule has 0 bridgehead atoms. The Morgan fingerprint density at radius 1 is 1.53 bits per heavy atom. The fourth-order valence-corrected chi connectivity index (χ4v) is 2.06. The van der Waals surface area contributed by atoms with Gasteiger partial charge in [-0.25, -0.2) is 4.98 Å². The minimum absolute atomic E-state index is 0.0571. The molecule has 15 heavy (non-hydrogen) atoms. The van der Waals surface area contributed by atoms with Gasteiger partial charge in [0.05, 0.1) is 18.3 Å². The summed E-state index contributed by atoms with van der Waals surface area (Å²) in [6.45, 7) is 7.63. The Balaban J connectivity index is 2.58. The Kier molecular flexibility index (Phi) is 5.22. The lowest BCUT2D eigenvalue weighted by atomic mass is 9.98. The van der Waals surface area contributed by atoms with Gasteiger partial charge in [-0.05, 0) is 12.8 Å². The van der Waals surface area contributed by atoms with Crippen molar-refractivity contribution >= 4 is 11.3 Å². The Morgan fingerprint density at radius 3 is 2.87 bits per heavy atom. The number of thiazole rings is 1. The van der Waals surface area contributed by atoms with E-state index in [0.29, 0.717) is 12.5 Å². The first-order chi connectivity index (χ1) is 7.19. The van der Waals surface area contributed by atoms with Crippen LogP contribution in [0.15, 0.2) is 5.38 Å². The SMILES string of the molecule is CCOCc1nc(C(N)C(C)CC)cs1. The lowest BCUT2D eigenvalue weighted by Crippen LogP contribution is -2.18. The molecule has 0 aromatic carbocycles. The topological polar surface area (TPSA) is 48.1 Å². The predicted octanol–water partition coefficient (Wildman–Crippen LogP) is 2.73. The van der Waals surface area contributed by atoms with E-state index in [0.717, 1.165) is 23.7 Å². The molecular formula is C11H20N2OS. The summed E-state index contributed by atoms with van der Waals surface area (Å²) >= 11 is 1.63. The Hall–Kier alpha value is -0.450. The summed E-state index contributed by atoms with van der Waals surface area (Å²) in [4.78, 5) is 4.49. The summed E-state index contributed by atoms with van der Waals surface area (Å²) in [6.07, 6.45) is 1.08. The van der Waals surface area contributed by atoms with Gasteiger partial charge in [0.15, 0.2) is 0 Å². The van der Waals surface area contributed by atoms with Crippen molar-refractivity contribution in [3.8, 4) is 0 Å². The minimum atomic E-state index is 0.0571. The highest BCUT2D eigenvalue weighted by Crippen LogP contribution is 2.23. The Labute approximate surface area is 95.7 Å². The second kappa shape index (κ2) is 6.20. The summed E-state index contributed by atoms with van der Waals surface area (Å²) < 4.78 is 5.31. The van der Waals surface area contributed by atoms with E-state index in [1.807, 2.05) is 12.3 Å². The van der Waals surface area contributed by atoms with Gasteiger partial charge in [0.2, 0.25) is 0 Å². The second-order valence-corrected chi connectivity index (χ2v) is 4.66. The summed E-state index contributed by atoms with van der Waals surface area (Å²) in [5.41, 5.74) is 7.10. The summed E-state index contributed by atoms with van der Waals surface area (Å²) in [6, 6.07) is 0.0571. The largest absolute Gasteiger partial charge is 0.375 e. The maximum Gasteiger partial charge on any atom is 0.119 e. The van der Waals surface area contributed by atoms with Crippen LogP contribution >= 0.6 is 11.3 Å². The highest BCUT2D eigenvalue weighted by molar-refractivity contribution is 7.09. The predicted molar refractivity (Wildman–Crippen MR) is 63.8 cm³/mol. The highest BCUT2D eigenvalue weighted by atomic mass is 32.1. The van der Waals surface area contributed by atoms with Crippen LogP contribution in [0.25, 0.3) is 0 Å². The first-order valence-corrected chi connectivity index (χ1v) is 6.34. The monoisotopic (exact) mass is 228 g/mol. The molecule has 4 heteroatoms. The fourth-order valence-electron chi connectivity index (χ4n) is 1.28. The average molecular weight is 228 g/mol. The smallest absolute Gasteiger partial charge is 0.119 e. The lowest BCUT2D eigenvalue weighted by Gasteiger charge is -2.15. The molecule has 0 radical (unpaired) electrons. The summed E-state index contributed by atoms with van der Waals surface area (Å²) in [5.74, 6) is 0.479. The van der Waals surface area contributed by atoms with Gasteiger partial charge in [-0.3, -0.25) is 0 Å². The molecule has 2 N–H and O–H groups in total. The van der Waals surface area contributed by atoms with E-state index in [2.05, 4.69) is 18.8 Å². The quantitative estimate of drug-likeness (QED) is 0.814. The van der Waals surface area contributed by atoms with Crippen molar-refractivity contribution in [3.05, 3.63) is 16.1 Å². The van der Waals surface area contributed by atoms with Crippen molar-refractivity contribution in [2.75, 3.05) is 6.61 Å². The van der Waals surface area contributed by atoms with Crippen molar-refractivity contribution in [2.24, 2.45) is 11.7 Å². The Morgan fingerprint density at radius 2 is 2.27 bits per heavy atom. The third-order valence-corrected chi connectivity index (χ3v) is 3.44. The van der Waals surface area contributed by atoms with Crippen molar-refractivity contribution < 1.29 is 4.74 Å². The summed E-state index contributed by atoms with van der Waals surface area (Å²) in [7, 11) is 0. The van der Waals surface area contributed by atoms with Crippen molar-refractivity contribution in [1.82, 2.24) is 4.98 Å². The fraction of sp³-hybridized carbons (Fsp3) is 0.727. The molecule has 0 fully saturated rings. The molecule has 2 atom stereocenters. The number of aromatic nitrogens is 1. The van der Waals surface area contributed by atoms with Crippen LogP contribution in [0, 0.1) is 5.92 Å². The molecule has 1 rings (SSSR count). The van der Waals surface area contributed by atoms with Gasteiger partial charge in [-0.15, -0.1) is 11.3 Å². The van der Waals surface area contributed by atoms with Crippen LogP contribution in [0.1, 0.15) is 43.9 Å². The molecule has 0 aliphatic rings. The molecule has 0 aliphatic carbocycles. The molecule has 2 unspecified atom stereocenters. The van der Waals surface area contributed by atoms with Crippen LogP contribution in [0.4, 0.5) is 0 Å². The molecule has 0 saturated carbocycles. The Bertz CT molecular complexity index is 288. The minimum Gasteiger partial charge on any atom is -0.375 e. The van der Waals surface area contributed by atoms with Gasteiger partial charge in [0.1, 0.15) is 5.01 Å². The van der Waals surface area contributed by atoms with Crippen molar-refractivity contribution in [3.63, 3.8) is 0 Å². The van der Waals surface area contributed by atoms with E-state index in [4.69, 9.17) is 10.5 Å². The second-order valence-electron chi connectivity index (χ2n) is 3.71. The maximum absolute atomic E-state index is 6.09. The zero-order valence-electron chi connectivity index (χ0n) is 9.69. The number of hydrogen-bond acceptors (Lipinski definition) is 4. The number of ether oxygens (including phenoxy) is 1. The normalized spacial score (nSPS) is 15.2. The third kappa shape index (κ3) is 3.55. The van der Waals surface area contributed by atoms with E-state index in [1.165, 1.54) is 0 Å². The molecule has 1 aromatic rings. The van der Waals surface area contributed by atoms with Crippen LogP contribution in [-0.4, -0.2) is 11.6 Å². The van der Waals surface area contributed by atoms with E-state index in [-0.39, 0.29) is 6.04 Å². The van der Waals surface area contributed by atoms with Gasteiger partial charge < -0.3 is 10.5 Å². The number of nitrogens with zero attached hydrogens (tertiary/aromatic N) is 1. The van der Waals surface area contributed by atoms with E-state index < -0.39 is 0 Å². The van der Waals surface area contributed by atoms with Gasteiger partial charge in [-0.1, -0.05) is 20.3 Å². The van der Waals surface area contributed by atoms with Gasteiger partial charge in [0, 0.05) is 12.0 Å². The van der Waals surface area contributed by atoms with E-state index >= 15 is 0 Å².